The summed E-state index contributed by atoms with van der Waals surface area (Å²) in [7, 11) is 0. The fourth-order valence-corrected chi connectivity index (χ4v) is 7.49. The van der Waals surface area contributed by atoms with Gasteiger partial charge in [-0.3, -0.25) is 0 Å². The van der Waals surface area contributed by atoms with E-state index in [1.165, 1.54) is 32.3 Å². The van der Waals surface area contributed by atoms with E-state index in [9.17, 15) is 0 Å². The lowest BCUT2D eigenvalue weighted by Gasteiger charge is -2.22. The minimum absolute atomic E-state index is 0.453. The van der Waals surface area contributed by atoms with Gasteiger partial charge in [0.25, 0.3) is 0 Å². The van der Waals surface area contributed by atoms with Crippen LogP contribution in [-0.2, 0) is 0 Å². The van der Waals surface area contributed by atoms with E-state index in [0.717, 1.165) is 67.5 Å². The highest BCUT2D eigenvalue weighted by Crippen LogP contribution is 2.49. The van der Waals surface area contributed by atoms with Crippen molar-refractivity contribution in [3.63, 3.8) is 0 Å². The van der Waals surface area contributed by atoms with Crippen LogP contribution in [0.4, 0.5) is 0 Å². The molecule has 0 radical (unpaired) electrons. The Morgan fingerprint density at radius 2 is 0.518 bits per heavy atom. The quantitative estimate of drug-likeness (QED) is 0.0733. The molecule has 0 aliphatic rings. The van der Waals surface area contributed by atoms with Crippen LogP contribution in [0.1, 0.15) is 0 Å². The lowest BCUT2D eigenvalue weighted by molar-refractivity contribution is 0.363. The van der Waals surface area contributed by atoms with E-state index in [1.54, 1.807) is 24.3 Å². The highest BCUT2D eigenvalue weighted by Gasteiger charge is 2.21. The zero-order valence-corrected chi connectivity index (χ0v) is 31.3. The third-order valence-corrected chi connectivity index (χ3v) is 10.0. The van der Waals surface area contributed by atoms with E-state index in [2.05, 4.69) is 111 Å². The normalized spacial score (nSPS) is 11.1. The standard InChI is InChI=1S/C52H42O4/c1-5-29-53-39-17-9-35(10-18-39)47-33-48(36-11-19-40(20-12-36)54-30-6-2)44-27-28-46-50(38-15-23-42(24-16-38)56-32-8-4)34-49(45-26-25-43(47)51(44)52(45)46)37-13-21-41(22-14-37)55-31-7-3/h5-28,33-34H,1-4,29-32H2. The van der Waals surface area contributed by atoms with E-state index >= 15 is 0 Å². The molecule has 0 spiro atoms. The molecule has 0 heterocycles. The molecule has 0 fully saturated rings. The Morgan fingerprint density at radius 1 is 0.304 bits per heavy atom. The summed E-state index contributed by atoms with van der Waals surface area (Å²) in [6.07, 6.45) is 7.03. The van der Waals surface area contributed by atoms with Crippen molar-refractivity contribution < 1.29 is 18.9 Å². The molecule has 0 saturated heterocycles. The predicted octanol–water partition coefficient (Wildman–Crippen LogP) is 13.5. The molecule has 0 atom stereocenters. The van der Waals surface area contributed by atoms with Crippen molar-refractivity contribution >= 4 is 32.3 Å². The Bertz CT molecular complexity index is 2300. The molecule has 56 heavy (non-hydrogen) atoms. The molecule has 0 bridgehead atoms. The number of hydrogen-bond donors (Lipinski definition) is 0. The van der Waals surface area contributed by atoms with Crippen LogP contribution in [0.3, 0.4) is 0 Å². The molecule has 0 saturated carbocycles. The maximum atomic E-state index is 5.86. The summed E-state index contributed by atoms with van der Waals surface area (Å²) in [4.78, 5) is 0. The van der Waals surface area contributed by atoms with Gasteiger partial charge in [0.15, 0.2) is 0 Å². The van der Waals surface area contributed by atoms with Crippen molar-refractivity contribution in [3.05, 3.63) is 184 Å². The second kappa shape index (κ2) is 16.1. The summed E-state index contributed by atoms with van der Waals surface area (Å²) >= 11 is 0. The van der Waals surface area contributed by atoms with Crippen LogP contribution < -0.4 is 18.9 Å². The molecular weight excluding hydrogens is 689 g/mol. The largest absolute Gasteiger partial charge is 0.490 e. The number of benzene rings is 8. The van der Waals surface area contributed by atoms with Crippen LogP contribution in [0.5, 0.6) is 23.0 Å². The summed E-state index contributed by atoms with van der Waals surface area (Å²) in [5, 5.41) is 7.14. The maximum Gasteiger partial charge on any atom is 0.119 e. The molecule has 0 aliphatic heterocycles. The zero-order valence-electron chi connectivity index (χ0n) is 31.3. The molecule has 0 aliphatic carbocycles. The zero-order chi connectivity index (χ0) is 38.4. The van der Waals surface area contributed by atoms with E-state index in [1.807, 2.05) is 48.5 Å². The van der Waals surface area contributed by atoms with Crippen LogP contribution >= 0.6 is 0 Å². The highest BCUT2D eigenvalue weighted by molar-refractivity contribution is 6.32. The number of ether oxygens (including phenoxy) is 4. The second-order valence-electron chi connectivity index (χ2n) is 13.5. The summed E-state index contributed by atoms with van der Waals surface area (Å²) in [6, 6.07) is 47.2. The Labute approximate surface area is 328 Å². The molecule has 8 aromatic carbocycles. The summed E-state index contributed by atoms with van der Waals surface area (Å²) in [5.41, 5.74) is 8.98. The molecule has 0 amide bonds. The van der Waals surface area contributed by atoms with Crippen LogP contribution in [0.25, 0.3) is 76.8 Å². The Hall–Kier alpha value is -7.04. The van der Waals surface area contributed by atoms with E-state index in [-0.39, 0.29) is 0 Å². The van der Waals surface area contributed by atoms with Crippen molar-refractivity contribution in [3.8, 4) is 67.5 Å². The third-order valence-electron chi connectivity index (χ3n) is 10.0. The van der Waals surface area contributed by atoms with Gasteiger partial charge in [-0.1, -0.05) is 123 Å². The van der Waals surface area contributed by atoms with Crippen LogP contribution in [0.2, 0.25) is 0 Å². The van der Waals surface area contributed by atoms with Crippen molar-refractivity contribution in [2.45, 2.75) is 0 Å². The van der Waals surface area contributed by atoms with Gasteiger partial charge in [-0.25, -0.2) is 0 Å². The van der Waals surface area contributed by atoms with Crippen LogP contribution in [-0.4, -0.2) is 26.4 Å². The Morgan fingerprint density at radius 3 is 0.714 bits per heavy atom. The van der Waals surface area contributed by atoms with Gasteiger partial charge in [0, 0.05) is 0 Å². The molecule has 4 heteroatoms. The topological polar surface area (TPSA) is 36.9 Å². The van der Waals surface area contributed by atoms with Gasteiger partial charge in [0.1, 0.15) is 49.4 Å². The molecule has 0 aromatic heterocycles. The minimum Gasteiger partial charge on any atom is -0.490 e. The van der Waals surface area contributed by atoms with Crippen molar-refractivity contribution in [1.82, 2.24) is 0 Å². The first kappa shape index (κ1) is 36.0. The molecule has 0 N–H and O–H groups in total. The summed E-state index contributed by atoms with van der Waals surface area (Å²) in [5.74, 6) is 3.21. The fraction of sp³-hybridized carbons (Fsp3) is 0.0769. The minimum atomic E-state index is 0.453. The number of hydrogen-bond acceptors (Lipinski definition) is 4. The van der Waals surface area contributed by atoms with Crippen LogP contribution in [0.15, 0.2) is 184 Å². The molecular formula is C52H42O4. The lowest BCUT2D eigenvalue weighted by atomic mass is 9.82. The molecule has 4 nitrogen and oxygen atoms in total. The maximum absolute atomic E-state index is 5.86. The van der Waals surface area contributed by atoms with Gasteiger partial charge >= 0.3 is 0 Å². The molecule has 274 valence electrons. The van der Waals surface area contributed by atoms with Crippen molar-refractivity contribution in [2.24, 2.45) is 0 Å². The average Bonchev–Trinajstić information content (AvgIpc) is 3.25. The van der Waals surface area contributed by atoms with Crippen molar-refractivity contribution in [2.75, 3.05) is 26.4 Å². The van der Waals surface area contributed by atoms with Crippen molar-refractivity contribution in [1.29, 1.82) is 0 Å². The van der Waals surface area contributed by atoms with Gasteiger partial charge in [0.2, 0.25) is 0 Å². The Kier molecular flexibility index (Phi) is 10.4. The predicted molar refractivity (Wildman–Crippen MR) is 235 cm³/mol. The second-order valence-corrected chi connectivity index (χ2v) is 13.5. The first-order chi connectivity index (χ1) is 27.6. The summed E-state index contributed by atoms with van der Waals surface area (Å²) < 4.78 is 23.4. The smallest absolute Gasteiger partial charge is 0.119 e. The first-order valence-electron chi connectivity index (χ1n) is 18.7. The number of rotatable bonds is 16. The average molecular weight is 731 g/mol. The molecule has 0 unspecified atom stereocenters. The fourth-order valence-electron chi connectivity index (χ4n) is 7.49. The lowest BCUT2D eigenvalue weighted by Crippen LogP contribution is -1.96. The SMILES string of the molecule is C=CCOc1ccc(-c2cc(-c3ccc(OCC=C)cc3)c3ccc4c(-c5ccc(OCC=C)cc5)cc(-c5ccc(OCC=C)cc5)c5ccc2c3c54)cc1. The van der Waals surface area contributed by atoms with E-state index < -0.39 is 0 Å². The first-order valence-corrected chi connectivity index (χ1v) is 18.7. The third kappa shape index (κ3) is 7.01. The molecule has 8 aromatic rings. The van der Waals surface area contributed by atoms with Gasteiger partial charge in [-0.15, -0.1) is 0 Å². The van der Waals surface area contributed by atoms with Gasteiger partial charge < -0.3 is 18.9 Å². The monoisotopic (exact) mass is 730 g/mol. The van der Waals surface area contributed by atoms with E-state index in [4.69, 9.17) is 18.9 Å². The van der Waals surface area contributed by atoms with Crippen LogP contribution in [0, 0.1) is 0 Å². The van der Waals surface area contributed by atoms with Gasteiger partial charge in [-0.05, 0) is 137 Å². The van der Waals surface area contributed by atoms with E-state index in [0.29, 0.717) is 26.4 Å². The van der Waals surface area contributed by atoms with Gasteiger partial charge in [0.05, 0.1) is 0 Å². The Balaban J connectivity index is 1.41. The highest BCUT2D eigenvalue weighted by atomic mass is 16.5. The van der Waals surface area contributed by atoms with Gasteiger partial charge in [-0.2, -0.15) is 0 Å². The molecule has 8 rings (SSSR count). The summed E-state index contributed by atoms with van der Waals surface area (Å²) in [6.45, 7) is 17.0.